The summed E-state index contributed by atoms with van der Waals surface area (Å²) in [6.07, 6.45) is 5.76. The predicted octanol–water partition coefficient (Wildman–Crippen LogP) is 4.51. The molecule has 0 aromatic heterocycles. The molecule has 0 bridgehead atoms. The number of carbonyl (C=O) groups is 1. The average Bonchev–Trinajstić information content (AvgIpc) is 2.81. The SMILES string of the molecule is C#CC[C@@H](N=C(c1ccccc1)c1ccccc1)C(=O)N(Cc1ccccc1)OC. The van der Waals surface area contributed by atoms with Crippen LogP contribution in [0.1, 0.15) is 23.1 Å². The van der Waals surface area contributed by atoms with Crippen molar-refractivity contribution in [1.29, 1.82) is 0 Å². The van der Waals surface area contributed by atoms with E-state index in [1.807, 2.05) is 91.0 Å². The van der Waals surface area contributed by atoms with Crippen molar-refractivity contribution in [2.24, 2.45) is 4.99 Å². The van der Waals surface area contributed by atoms with E-state index in [2.05, 4.69) is 5.92 Å². The molecular formula is C26H24N2O2. The smallest absolute Gasteiger partial charge is 0.272 e. The first-order chi connectivity index (χ1) is 14.7. The highest BCUT2D eigenvalue weighted by molar-refractivity contribution is 6.13. The molecule has 30 heavy (non-hydrogen) atoms. The quantitative estimate of drug-likeness (QED) is 0.319. The molecule has 0 unspecified atom stereocenters. The third kappa shape index (κ3) is 5.44. The summed E-state index contributed by atoms with van der Waals surface area (Å²) in [5, 5.41) is 1.31. The van der Waals surface area contributed by atoms with Gasteiger partial charge in [0.25, 0.3) is 5.91 Å². The first-order valence-corrected chi connectivity index (χ1v) is 9.74. The molecule has 0 aliphatic heterocycles. The Morgan fingerprint density at radius 3 is 1.90 bits per heavy atom. The number of hydrogen-bond acceptors (Lipinski definition) is 3. The van der Waals surface area contributed by atoms with Crippen LogP contribution in [-0.2, 0) is 16.2 Å². The van der Waals surface area contributed by atoms with Crippen molar-refractivity contribution in [2.45, 2.75) is 19.0 Å². The van der Waals surface area contributed by atoms with E-state index in [-0.39, 0.29) is 12.3 Å². The zero-order valence-electron chi connectivity index (χ0n) is 16.9. The molecule has 0 saturated heterocycles. The molecule has 0 saturated carbocycles. The Morgan fingerprint density at radius 1 is 0.933 bits per heavy atom. The fraction of sp³-hybridized carbons (Fsp3) is 0.154. The summed E-state index contributed by atoms with van der Waals surface area (Å²) < 4.78 is 0. The highest BCUT2D eigenvalue weighted by atomic mass is 16.7. The molecule has 4 heteroatoms. The van der Waals surface area contributed by atoms with Gasteiger partial charge in [0.15, 0.2) is 0 Å². The molecule has 0 heterocycles. The molecular weight excluding hydrogens is 372 g/mol. The van der Waals surface area contributed by atoms with Crippen LogP contribution < -0.4 is 0 Å². The molecule has 0 aliphatic carbocycles. The van der Waals surface area contributed by atoms with Crippen LogP contribution in [0.4, 0.5) is 0 Å². The van der Waals surface area contributed by atoms with Gasteiger partial charge in [0.05, 0.1) is 19.4 Å². The van der Waals surface area contributed by atoms with Crippen LogP contribution in [0.25, 0.3) is 0 Å². The van der Waals surface area contributed by atoms with Gasteiger partial charge in [-0.3, -0.25) is 14.6 Å². The summed E-state index contributed by atoms with van der Waals surface area (Å²) in [5.41, 5.74) is 3.53. The minimum Gasteiger partial charge on any atom is -0.274 e. The molecule has 150 valence electrons. The summed E-state index contributed by atoms with van der Waals surface area (Å²) >= 11 is 0. The third-order valence-electron chi connectivity index (χ3n) is 4.61. The fourth-order valence-electron chi connectivity index (χ4n) is 3.11. The monoisotopic (exact) mass is 396 g/mol. The minimum absolute atomic E-state index is 0.177. The second-order valence-corrected chi connectivity index (χ2v) is 6.68. The topological polar surface area (TPSA) is 41.9 Å². The van der Waals surface area contributed by atoms with Crippen molar-refractivity contribution in [1.82, 2.24) is 5.06 Å². The summed E-state index contributed by atoms with van der Waals surface area (Å²) in [6.45, 7) is 0.318. The lowest BCUT2D eigenvalue weighted by atomic mass is 10.0. The number of amides is 1. The Bertz CT molecular complexity index is 968. The Hall–Kier alpha value is -3.68. The van der Waals surface area contributed by atoms with E-state index < -0.39 is 6.04 Å². The summed E-state index contributed by atoms with van der Waals surface area (Å²) in [6, 6.07) is 28.5. The number of nitrogens with zero attached hydrogens (tertiary/aromatic N) is 2. The molecule has 0 N–H and O–H groups in total. The summed E-state index contributed by atoms with van der Waals surface area (Å²) in [4.78, 5) is 23.5. The number of hydrogen-bond donors (Lipinski definition) is 0. The Balaban J connectivity index is 1.96. The van der Waals surface area contributed by atoms with E-state index in [1.54, 1.807) is 0 Å². The number of aliphatic imine (C=N–C) groups is 1. The van der Waals surface area contributed by atoms with Gasteiger partial charge in [0.2, 0.25) is 0 Å². The van der Waals surface area contributed by atoms with Crippen LogP contribution in [0.3, 0.4) is 0 Å². The average molecular weight is 396 g/mol. The van der Waals surface area contributed by atoms with Crippen molar-refractivity contribution in [2.75, 3.05) is 7.11 Å². The first-order valence-electron chi connectivity index (χ1n) is 9.74. The molecule has 3 rings (SSSR count). The van der Waals surface area contributed by atoms with Gasteiger partial charge in [-0.2, -0.15) is 0 Å². The predicted molar refractivity (Wildman–Crippen MR) is 120 cm³/mol. The number of carbonyl (C=O) groups excluding carboxylic acids is 1. The lowest BCUT2D eigenvalue weighted by molar-refractivity contribution is -0.180. The van der Waals surface area contributed by atoms with Gasteiger partial charge in [-0.1, -0.05) is 91.0 Å². The standard InChI is InChI=1S/C26H24N2O2/c1-3-13-24(26(29)28(30-2)20-21-14-7-4-8-15-21)27-25(22-16-9-5-10-17-22)23-18-11-6-12-19-23/h1,4-12,14-19,24H,13,20H2,2H3/t24-/m1/s1. The van der Waals surface area contributed by atoms with Crippen molar-refractivity contribution < 1.29 is 9.63 Å². The van der Waals surface area contributed by atoms with E-state index in [0.29, 0.717) is 6.54 Å². The number of terminal acetylenes is 1. The van der Waals surface area contributed by atoms with Crippen molar-refractivity contribution in [3.05, 3.63) is 108 Å². The van der Waals surface area contributed by atoms with Gasteiger partial charge in [-0.25, -0.2) is 5.06 Å². The van der Waals surface area contributed by atoms with Crippen molar-refractivity contribution in [3.8, 4) is 12.3 Å². The Labute approximate surface area is 177 Å². The number of benzene rings is 3. The van der Waals surface area contributed by atoms with Crippen LogP contribution in [0.2, 0.25) is 0 Å². The van der Waals surface area contributed by atoms with Crippen molar-refractivity contribution >= 4 is 11.6 Å². The van der Waals surface area contributed by atoms with E-state index in [1.165, 1.54) is 12.2 Å². The highest BCUT2D eigenvalue weighted by Crippen LogP contribution is 2.16. The Morgan fingerprint density at radius 2 is 1.43 bits per heavy atom. The molecule has 3 aromatic carbocycles. The lowest BCUT2D eigenvalue weighted by Crippen LogP contribution is -2.37. The molecule has 0 radical (unpaired) electrons. The second-order valence-electron chi connectivity index (χ2n) is 6.68. The van der Waals surface area contributed by atoms with Gasteiger partial charge in [0.1, 0.15) is 6.04 Å². The van der Waals surface area contributed by atoms with E-state index >= 15 is 0 Å². The number of rotatable bonds is 8. The van der Waals surface area contributed by atoms with Crippen molar-refractivity contribution in [3.63, 3.8) is 0 Å². The molecule has 3 aromatic rings. The molecule has 1 amide bonds. The Kier molecular flexibility index (Phi) is 7.54. The van der Waals surface area contributed by atoms with Crippen LogP contribution in [0.15, 0.2) is 96.0 Å². The molecule has 0 spiro atoms. The zero-order chi connectivity index (χ0) is 21.2. The normalized spacial score (nSPS) is 11.2. The van der Waals surface area contributed by atoms with Gasteiger partial charge >= 0.3 is 0 Å². The minimum atomic E-state index is -0.755. The van der Waals surface area contributed by atoms with E-state index in [9.17, 15) is 4.79 Å². The van der Waals surface area contributed by atoms with Crippen LogP contribution in [-0.4, -0.2) is 29.8 Å². The van der Waals surface area contributed by atoms with Crippen LogP contribution >= 0.6 is 0 Å². The fourth-order valence-corrected chi connectivity index (χ4v) is 3.11. The maximum atomic E-state index is 13.3. The first kappa shape index (κ1) is 21.0. The molecule has 1 atom stereocenters. The van der Waals surface area contributed by atoms with Crippen LogP contribution in [0.5, 0.6) is 0 Å². The van der Waals surface area contributed by atoms with Gasteiger partial charge < -0.3 is 0 Å². The van der Waals surface area contributed by atoms with E-state index in [4.69, 9.17) is 16.3 Å². The summed E-state index contributed by atoms with van der Waals surface area (Å²) in [7, 11) is 1.48. The van der Waals surface area contributed by atoms with Crippen LogP contribution in [0, 0.1) is 12.3 Å². The van der Waals surface area contributed by atoms with Gasteiger partial charge in [-0.05, 0) is 5.56 Å². The maximum absolute atomic E-state index is 13.3. The van der Waals surface area contributed by atoms with Gasteiger partial charge in [0, 0.05) is 17.5 Å². The third-order valence-corrected chi connectivity index (χ3v) is 4.61. The second kappa shape index (κ2) is 10.8. The highest BCUT2D eigenvalue weighted by Gasteiger charge is 2.25. The van der Waals surface area contributed by atoms with E-state index in [0.717, 1.165) is 22.4 Å². The maximum Gasteiger partial charge on any atom is 0.272 e. The molecule has 0 fully saturated rings. The largest absolute Gasteiger partial charge is 0.274 e. The molecule has 4 nitrogen and oxygen atoms in total. The summed E-state index contributed by atoms with van der Waals surface area (Å²) in [5.74, 6) is 2.32. The molecule has 0 aliphatic rings. The lowest BCUT2D eigenvalue weighted by Gasteiger charge is -2.23. The van der Waals surface area contributed by atoms with Gasteiger partial charge in [-0.15, -0.1) is 12.3 Å². The number of hydroxylamine groups is 2. The zero-order valence-corrected chi connectivity index (χ0v) is 16.9.